The van der Waals surface area contributed by atoms with Gasteiger partial charge in [-0.25, -0.2) is 4.28 Å². The van der Waals surface area contributed by atoms with E-state index >= 15 is 0 Å². The van der Waals surface area contributed by atoms with Crippen molar-refractivity contribution in [2.45, 2.75) is 38.5 Å². The van der Waals surface area contributed by atoms with Gasteiger partial charge in [0, 0.05) is 26.2 Å². The Labute approximate surface area is 197 Å². The highest BCUT2D eigenvalue weighted by Gasteiger charge is 2.22. The summed E-state index contributed by atoms with van der Waals surface area (Å²) >= 11 is 0. The summed E-state index contributed by atoms with van der Waals surface area (Å²) in [5.41, 5.74) is 22.3. The van der Waals surface area contributed by atoms with E-state index < -0.39 is 10.4 Å². The highest BCUT2D eigenvalue weighted by atomic mass is 32.3. The molecule has 4 rings (SSSR count). The molecule has 0 amide bonds. The molecule has 9 N–H and O–H groups in total. The van der Waals surface area contributed by atoms with E-state index in [1.165, 1.54) is 12.5 Å². The monoisotopic (exact) mass is 499 g/mol. The number of nitrogens with zero attached hydrogens (tertiary/aromatic N) is 6. The van der Waals surface area contributed by atoms with E-state index in [0.717, 1.165) is 64.1 Å². The number of hydrogen-bond donors (Lipinski definition) is 5. The van der Waals surface area contributed by atoms with Crippen molar-refractivity contribution in [3.05, 3.63) is 12.1 Å². The van der Waals surface area contributed by atoms with Gasteiger partial charge in [0.2, 0.25) is 11.6 Å². The molecule has 2 aromatic heterocycles. The van der Waals surface area contributed by atoms with Gasteiger partial charge >= 0.3 is 11.9 Å². The Balaban J connectivity index is 0.000000196. The molecule has 0 spiro atoms. The molecule has 0 unspecified atom stereocenters. The molecule has 15 nitrogen and oxygen atoms in total. The van der Waals surface area contributed by atoms with Gasteiger partial charge in [-0.1, -0.05) is 9.97 Å². The van der Waals surface area contributed by atoms with Crippen molar-refractivity contribution in [1.29, 1.82) is 0 Å². The van der Waals surface area contributed by atoms with Crippen LogP contribution in [0.4, 0.5) is 35.2 Å². The zero-order valence-corrected chi connectivity index (χ0v) is 19.5. The van der Waals surface area contributed by atoms with Crippen LogP contribution in [-0.2, 0) is 10.4 Å². The van der Waals surface area contributed by atoms with Gasteiger partial charge < -0.3 is 42.5 Å². The number of piperidine rings is 2. The van der Waals surface area contributed by atoms with Crippen molar-refractivity contribution in [2.75, 3.05) is 58.9 Å². The number of anilines is 6. The van der Waals surface area contributed by atoms with Crippen LogP contribution in [0.2, 0.25) is 0 Å². The first kappa shape index (κ1) is 25.1. The van der Waals surface area contributed by atoms with Gasteiger partial charge in [0.1, 0.15) is 0 Å². The number of nitrogens with two attached hydrogens (primary N) is 4. The predicted octanol–water partition coefficient (Wildman–Crippen LogP) is -1.83. The molecule has 2 aromatic rings. The van der Waals surface area contributed by atoms with E-state index in [1.807, 2.05) is 4.90 Å². The predicted molar refractivity (Wildman–Crippen MR) is 122 cm³/mol. The smallest absolute Gasteiger partial charge is 0.385 e. The normalized spacial score (nSPS) is 16.5. The minimum absolute atomic E-state index is 0.0237. The number of rotatable bonds is 4. The molecule has 34 heavy (non-hydrogen) atoms. The van der Waals surface area contributed by atoms with Crippen LogP contribution in [0.1, 0.15) is 38.5 Å². The molecule has 0 radical (unpaired) electrons. The molecule has 0 saturated carbocycles. The van der Waals surface area contributed by atoms with Crippen molar-refractivity contribution in [1.82, 2.24) is 9.97 Å². The van der Waals surface area contributed by atoms with E-state index in [9.17, 15) is 18.2 Å². The lowest BCUT2D eigenvalue weighted by Gasteiger charge is -2.26. The Morgan fingerprint density at radius 2 is 1.26 bits per heavy atom. The van der Waals surface area contributed by atoms with Gasteiger partial charge in [0.25, 0.3) is 10.4 Å². The number of hydrogen-bond acceptors (Lipinski definition) is 13. The van der Waals surface area contributed by atoms with E-state index in [-0.39, 0.29) is 23.5 Å². The van der Waals surface area contributed by atoms with Crippen LogP contribution in [0.15, 0.2) is 12.1 Å². The van der Waals surface area contributed by atoms with Crippen LogP contribution in [0.5, 0.6) is 0 Å². The van der Waals surface area contributed by atoms with Gasteiger partial charge in [0.15, 0.2) is 11.6 Å². The van der Waals surface area contributed by atoms with E-state index in [2.05, 4.69) is 19.2 Å². The molecule has 2 fully saturated rings. The van der Waals surface area contributed by atoms with Crippen molar-refractivity contribution in [2.24, 2.45) is 0 Å². The van der Waals surface area contributed by atoms with Gasteiger partial charge in [-0.05, 0) is 48.0 Å². The minimum Gasteiger partial charge on any atom is -0.714 e. The fourth-order valence-electron chi connectivity index (χ4n) is 3.78. The van der Waals surface area contributed by atoms with Crippen LogP contribution in [0.25, 0.3) is 0 Å². The second-order valence-corrected chi connectivity index (χ2v) is 8.94. The number of nitrogen functional groups attached to an aromatic ring is 4. The quantitative estimate of drug-likeness (QED) is 0.135. The molecule has 188 valence electrons. The first-order chi connectivity index (χ1) is 16.0. The lowest BCUT2D eigenvalue weighted by atomic mass is 10.1. The molecule has 0 aromatic carbocycles. The summed E-state index contributed by atoms with van der Waals surface area (Å²) in [5, 5.41) is 9.31. The van der Waals surface area contributed by atoms with E-state index in [4.69, 9.17) is 22.9 Å². The Bertz CT molecular complexity index is 1060. The summed E-state index contributed by atoms with van der Waals surface area (Å²) in [7, 11) is -4.96. The van der Waals surface area contributed by atoms with Crippen LogP contribution in [0.3, 0.4) is 0 Å². The third kappa shape index (κ3) is 6.50. The molecule has 16 heteroatoms. The van der Waals surface area contributed by atoms with Gasteiger partial charge in [-0.3, -0.25) is 0 Å². The second-order valence-electron chi connectivity index (χ2n) is 7.98. The van der Waals surface area contributed by atoms with Crippen molar-refractivity contribution in [3.8, 4) is 0 Å². The van der Waals surface area contributed by atoms with Crippen LogP contribution in [-0.4, -0.2) is 54.3 Å². The van der Waals surface area contributed by atoms with Gasteiger partial charge in [-0.2, -0.15) is 8.42 Å². The molecule has 0 atom stereocenters. The molecule has 4 heterocycles. The zero-order chi connectivity index (χ0) is 24.9. The SMILES string of the molecule is Nc1cc(N2CCCCC2)nc(N)[n+]1O.Nc1cc(N2CCCCC2)nc(N)[n+]1OS(=O)(=O)[O-]. The molecule has 2 saturated heterocycles. The average Bonchev–Trinajstić information content (AvgIpc) is 2.80. The molecule has 2 aliphatic heterocycles. The average molecular weight is 500 g/mol. The van der Waals surface area contributed by atoms with E-state index in [1.54, 1.807) is 6.07 Å². The Kier molecular flexibility index (Phi) is 7.83. The zero-order valence-electron chi connectivity index (χ0n) is 18.7. The lowest BCUT2D eigenvalue weighted by molar-refractivity contribution is -0.883. The maximum Gasteiger partial charge on any atom is 0.385 e. The summed E-state index contributed by atoms with van der Waals surface area (Å²) in [6.07, 6.45) is 6.83. The molecule has 0 bridgehead atoms. The summed E-state index contributed by atoms with van der Waals surface area (Å²) in [6.45, 7) is 3.61. The second kappa shape index (κ2) is 10.6. The molecule has 0 aliphatic carbocycles. The summed E-state index contributed by atoms with van der Waals surface area (Å²) in [4.78, 5) is 12.2. The van der Waals surface area contributed by atoms with Crippen molar-refractivity contribution < 1.29 is 31.9 Å². The topological polar surface area (TPSA) is 231 Å². The van der Waals surface area contributed by atoms with Crippen molar-refractivity contribution >= 4 is 45.6 Å². The Hall–Kier alpha value is -3.53. The van der Waals surface area contributed by atoms with E-state index in [0.29, 0.717) is 15.3 Å². The maximum atomic E-state index is 10.5. The third-order valence-electron chi connectivity index (χ3n) is 5.44. The highest BCUT2D eigenvalue weighted by Crippen LogP contribution is 2.20. The molecular weight excluding hydrogens is 468 g/mol. The first-order valence-corrected chi connectivity index (χ1v) is 12.2. The standard InChI is InChI=1S/C9H15N5O4S.C9H15N5O/c10-7-6-8(13-4-2-1-3-5-13)12-9(11)14(7)18-19(15,16)17;10-7-6-8(12-9(11)14(7)15)13-4-2-1-3-5-13/h6H,1-5H2,(H4,10,11,12,15,16,17);6,15H,1-5H2,(H3,10,11,12)/p+1. The fraction of sp³-hybridized carbons (Fsp3) is 0.556. The highest BCUT2D eigenvalue weighted by molar-refractivity contribution is 7.80. The Morgan fingerprint density at radius 1 is 0.824 bits per heavy atom. The number of aromatic nitrogens is 4. The largest absolute Gasteiger partial charge is 0.714 e. The van der Waals surface area contributed by atoms with Crippen LogP contribution < -0.4 is 46.5 Å². The van der Waals surface area contributed by atoms with Gasteiger partial charge in [0.05, 0.1) is 12.1 Å². The maximum absolute atomic E-state index is 10.5. The third-order valence-corrected chi connectivity index (χ3v) is 5.77. The first-order valence-electron chi connectivity index (χ1n) is 10.9. The van der Waals surface area contributed by atoms with Crippen LogP contribution >= 0.6 is 0 Å². The molecule has 2 aliphatic rings. The van der Waals surface area contributed by atoms with Gasteiger partial charge in [-0.15, -0.1) is 0 Å². The fourth-order valence-corrected chi connectivity index (χ4v) is 4.13. The minimum atomic E-state index is -4.96. The van der Waals surface area contributed by atoms with Crippen LogP contribution in [0, 0.1) is 0 Å². The summed E-state index contributed by atoms with van der Waals surface area (Å²) < 4.78 is 36.9. The van der Waals surface area contributed by atoms with Crippen molar-refractivity contribution in [3.63, 3.8) is 0 Å². The summed E-state index contributed by atoms with van der Waals surface area (Å²) in [5.74, 6) is 1.12. The Morgan fingerprint density at radius 3 is 1.68 bits per heavy atom. The summed E-state index contributed by atoms with van der Waals surface area (Å²) in [6, 6.07) is 3.06. The molecular formula is C18H31N10O5S+. The lowest BCUT2D eigenvalue weighted by Crippen LogP contribution is -2.51.